The van der Waals surface area contributed by atoms with Crippen molar-refractivity contribution in [2.75, 3.05) is 0 Å². The molecule has 0 heterocycles. The summed E-state index contributed by atoms with van der Waals surface area (Å²) < 4.78 is 25.6. The highest BCUT2D eigenvalue weighted by Crippen LogP contribution is 2.43. The SMILES string of the molecule is O=C(O)c1cccc(-c2cc(-c3cccc(C(=O)OF)c3)c(-c3cccc(C(=O)OF)c3)cc2-c2cccc(C(=O)O)c2)c1. The maximum Gasteiger partial charge on any atom is 0.379 e. The monoisotopic (exact) mass is 594 g/mol. The molecule has 0 saturated heterocycles. The average Bonchev–Trinajstić information content (AvgIpc) is 3.07. The topological polar surface area (TPSA) is 127 Å². The predicted octanol–water partition coefficient (Wildman–Crippen LogP) is 7.83. The van der Waals surface area contributed by atoms with Crippen LogP contribution in [0.3, 0.4) is 0 Å². The minimum Gasteiger partial charge on any atom is -0.478 e. The second-order valence-corrected chi connectivity index (χ2v) is 9.61. The summed E-state index contributed by atoms with van der Waals surface area (Å²) in [7, 11) is 0. The molecule has 218 valence electrons. The molecular formula is C34H20F2O8. The van der Waals surface area contributed by atoms with Crippen LogP contribution in [0.4, 0.5) is 9.05 Å². The van der Waals surface area contributed by atoms with Crippen molar-refractivity contribution in [2.24, 2.45) is 0 Å². The minimum absolute atomic E-state index is 0.00323. The zero-order valence-electron chi connectivity index (χ0n) is 22.5. The summed E-state index contributed by atoms with van der Waals surface area (Å²) in [5.74, 6) is -4.77. The second kappa shape index (κ2) is 12.4. The first-order chi connectivity index (χ1) is 21.2. The summed E-state index contributed by atoms with van der Waals surface area (Å²) in [5.41, 5.74) is 3.50. The molecule has 0 spiro atoms. The van der Waals surface area contributed by atoms with Gasteiger partial charge in [0.05, 0.1) is 22.3 Å². The normalized spacial score (nSPS) is 10.6. The molecule has 0 aliphatic carbocycles. The van der Waals surface area contributed by atoms with Crippen molar-refractivity contribution < 1.29 is 48.3 Å². The summed E-state index contributed by atoms with van der Waals surface area (Å²) >= 11 is 0. The van der Waals surface area contributed by atoms with Gasteiger partial charge in [0.2, 0.25) is 0 Å². The smallest absolute Gasteiger partial charge is 0.379 e. The van der Waals surface area contributed by atoms with Crippen LogP contribution in [0.15, 0.2) is 109 Å². The lowest BCUT2D eigenvalue weighted by molar-refractivity contribution is -0.0789. The summed E-state index contributed by atoms with van der Waals surface area (Å²) in [6.45, 7) is 0. The van der Waals surface area contributed by atoms with Gasteiger partial charge in [0.25, 0.3) is 0 Å². The molecule has 2 N–H and O–H groups in total. The largest absolute Gasteiger partial charge is 0.478 e. The Bertz CT molecular complexity index is 1810. The Morgan fingerprint density at radius 3 is 0.977 bits per heavy atom. The number of halogens is 2. The van der Waals surface area contributed by atoms with E-state index in [4.69, 9.17) is 0 Å². The van der Waals surface area contributed by atoms with Crippen molar-refractivity contribution >= 4 is 23.9 Å². The number of carbonyl (C=O) groups is 4. The van der Waals surface area contributed by atoms with Crippen LogP contribution in [0.1, 0.15) is 41.4 Å². The van der Waals surface area contributed by atoms with E-state index in [1.165, 1.54) is 60.7 Å². The first-order valence-electron chi connectivity index (χ1n) is 12.9. The van der Waals surface area contributed by atoms with Gasteiger partial charge >= 0.3 is 23.9 Å². The molecule has 0 fully saturated rings. The van der Waals surface area contributed by atoms with Gasteiger partial charge in [0.1, 0.15) is 0 Å². The summed E-state index contributed by atoms with van der Waals surface area (Å²) in [4.78, 5) is 54.5. The van der Waals surface area contributed by atoms with E-state index in [9.17, 15) is 38.4 Å². The lowest BCUT2D eigenvalue weighted by atomic mass is 9.84. The Hall–Kier alpha value is -6.16. The van der Waals surface area contributed by atoms with Crippen molar-refractivity contribution in [1.82, 2.24) is 0 Å². The van der Waals surface area contributed by atoms with E-state index in [0.717, 1.165) is 0 Å². The molecule has 0 saturated carbocycles. The molecular weight excluding hydrogens is 574 g/mol. The zero-order valence-corrected chi connectivity index (χ0v) is 22.5. The van der Waals surface area contributed by atoms with E-state index >= 15 is 0 Å². The third-order valence-corrected chi connectivity index (χ3v) is 6.96. The van der Waals surface area contributed by atoms with Crippen LogP contribution < -0.4 is 0 Å². The van der Waals surface area contributed by atoms with Gasteiger partial charge in [-0.25, -0.2) is 29.1 Å². The lowest BCUT2D eigenvalue weighted by Crippen LogP contribution is -2.01. The quantitative estimate of drug-likeness (QED) is 0.186. The van der Waals surface area contributed by atoms with Crippen molar-refractivity contribution in [1.29, 1.82) is 0 Å². The molecule has 5 aromatic carbocycles. The first-order valence-corrected chi connectivity index (χ1v) is 12.9. The second-order valence-electron chi connectivity index (χ2n) is 9.61. The van der Waals surface area contributed by atoms with E-state index in [2.05, 4.69) is 9.88 Å². The van der Waals surface area contributed by atoms with Gasteiger partial charge in [-0.05, 0) is 105 Å². The molecule has 5 rings (SSSR count). The van der Waals surface area contributed by atoms with Gasteiger partial charge in [-0.1, -0.05) is 48.5 Å². The average molecular weight is 595 g/mol. The van der Waals surface area contributed by atoms with E-state index in [-0.39, 0.29) is 22.3 Å². The minimum atomic E-state index is -1.22. The number of carbonyl (C=O) groups excluding carboxylic acids is 2. The molecule has 0 aliphatic heterocycles. The Balaban J connectivity index is 1.89. The third kappa shape index (κ3) is 5.90. The van der Waals surface area contributed by atoms with E-state index in [1.54, 1.807) is 48.5 Å². The first kappa shape index (κ1) is 29.3. The molecule has 0 aromatic heterocycles. The molecule has 0 bridgehead atoms. The van der Waals surface area contributed by atoms with Gasteiger partial charge in [0, 0.05) is 9.05 Å². The molecule has 44 heavy (non-hydrogen) atoms. The van der Waals surface area contributed by atoms with Crippen LogP contribution in [0.2, 0.25) is 0 Å². The zero-order chi connectivity index (χ0) is 31.4. The number of carboxylic acid groups (broad SMARTS) is 2. The van der Waals surface area contributed by atoms with Gasteiger partial charge < -0.3 is 10.2 Å². The molecule has 5 aromatic rings. The molecule has 0 radical (unpaired) electrons. The van der Waals surface area contributed by atoms with Crippen molar-refractivity contribution in [3.05, 3.63) is 131 Å². The van der Waals surface area contributed by atoms with Crippen LogP contribution in [0, 0.1) is 0 Å². The van der Waals surface area contributed by atoms with Crippen LogP contribution >= 0.6 is 0 Å². The summed E-state index contributed by atoms with van der Waals surface area (Å²) in [5, 5.41) is 19.3. The highest BCUT2D eigenvalue weighted by atomic mass is 19.3. The number of hydrogen-bond donors (Lipinski definition) is 2. The van der Waals surface area contributed by atoms with Crippen LogP contribution in [0.25, 0.3) is 44.5 Å². The molecule has 0 unspecified atom stereocenters. The highest BCUT2D eigenvalue weighted by molar-refractivity contribution is 6.00. The van der Waals surface area contributed by atoms with Crippen molar-refractivity contribution in [3.8, 4) is 44.5 Å². The fourth-order valence-electron chi connectivity index (χ4n) is 4.91. The number of rotatable bonds is 8. The van der Waals surface area contributed by atoms with Crippen LogP contribution in [-0.4, -0.2) is 34.1 Å². The standard InChI is InChI=1S/C34H20F2O8/c35-43-33(41)25-11-3-7-21(15-25)29-17-27(19-5-1-9-23(13-19)31(37)38)28(20-6-2-10-24(14-20)32(39)40)18-30(29)22-8-4-12-26(16-22)34(42)44-36/h1-18H,(H,37,38)(H,39,40). The fraction of sp³-hybridized carbons (Fsp3) is 0. The van der Waals surface area contributed by atoms with E-state index in [1.807, 2.05) is 0 Å². The van der Waals surface area contributed by atoms with Crippen molar-refractivity contribution in [3.63, 3.8) is 0 Å². The molecule has 0 aliphatic rings. The fourth-order valence-corrected chi connectivity index (χ4v) is 4.91. The highest BCUT2D eigenvalue weighted by Gasteiger charge is 2.20. The van der Waals surface area contributed by atoms with Crippen molar-refractivity contribution in [2.45, 2.75) is 0 Å². The van der Waals surface area contributed by atoms with E-state index < -0.39 is 23.9 Å². The van der Waals surface area contributed by atoms with Crippen LogP contribution in [0.5, 0.6) is 0 Å². The Kier molecular flexibility index (Phi) is 8.25. The molecule has 8 nitrogen and oxygen atoms in total. The number of carboxylic acids is 2. The number of aromatic carboxylic acids is 2. The maximum atomic E-state index is 12.8. The number of benzene rings is 5. The van der Waals surface area contributed by atoms with E-state index in [0.29, 0.717) is 44.5 Å². The Morgan fingerprint density at radius 2 is 0.705 bits per heavy atom. The Morgan fingerprint density at radius 1 is 0.432 bits per heavy atom. The lowest BCUT2D eigenvalue weighted by Gasteiger charge is -2.19. The van der Waals surface area contributed by atoms with Gasteiger partial charge in [-0.3, -0.25) is 0 Å². The predicted molar refractivity (Wildman–Crippen MR) is 155 cm³/mol. The van der Waals surface area contributed by atoms with Gasteiger partial charge in [-0.15, -0.1) is 0 Å². The molecule has 0 atom stereocenters. The maximum absolute atomic E-state index is 12.8. The number of hydrogen-bond acceptors (Lipinski definition) is 6. The molecule has 10 heteroatoms. The summed E-state index contributed by atoms with van der Waals surface area (Å²) in [6, 6.07) is 27.5. The van der Waals surface area contributed by atoms with Crippen LogP contribution in [-0.2, 0) is 9.88 Å². The van der Waals surface area contributed by atoms with Gasteiger partial charge in [-0.2, -0.15) is 0 Å². The van der Waals surface area contributed by atoms with Gasteiger partial charge in [0.15, 0.2) is 0 Å². The molecule has 0 amide bonds. The summed E-state index contributed by atoms with van der Waals surface area (Å²) in [6.07, 6.45) is 0. The Labute approximate surface area is 248 Å². The third-order valence-electron chi connectivity index (χ3n) is 6.96.